The second-order valence-corrected chi connectivity index (χ2v) is 6.41. The number of hydrogen-bond donors (Lipinski definition) is 2. The molecule has 6 heteroatoms. The minimum atomic E-state index is -0.955. The molecule has 0 aliphatic heterocycles. The van der Waals surface area contributed by atoms with E-state index in [1.165, 1.54) is 0 Å². The van der Waals surface area contributed by atoms with Gasteiger partial charge in [-0.3, -0.25) is 0 Å². The Hall–Kier alpha value is -3.38. The van der Waals surface area contributed by atoms with E-state index in [0.717, 1.165) is 52.1 Å². The molecule has 2 aromatic carbocycles. The maximum Gasteiger partial charge on any atom is 0.328 e. The number of carboxylic acids is 1. The number of nitrogens with two attached hydrogens (primary N) is 1. The Balaban J connectivity index is 1.92. The molecule has 0 aliphatic carbocycles. The van der Waals surface area contributed by atoms with E-state index in [1.54, 1.807) is 18.6 Å². The van der Waals surface area contributed by atoms with Crippen LogP contribution in [0.3, 0.4) is 0 Å². The van der Waals surface area contributed by atoms with E-state index in [-0.39, 0.29) is 0 Å². The maximum atomic E-state index is 10.8. The average molecular weight is 360 g/mol. The molecule has 0 aliphatic rings. The van der Waals surface area contributed by atoms with Crippen molar-refractivity contribution in [3.8, 4) is 5.69 Å². The summed E-state index contributed by atoms with van der Waals surface area (Å²) >= 11 is 0. The molecule has 4 rings (SSSR count). The fourth-order valence-corrected chi connectivity index (χ4v) is 3.44. The Morgan fingerprint density at radius 3 is 2.78 bits per heavy atom. The van der Waals surface area contributed by atoms with Gasteiger partial charge in [0.05, 0.1) is 6.33 Å². The van der Waals surface area contributed by atoms with Gasteiger partial charge in [0, 0.05) is 52.5 Å². The molecule has 0 saturated carbocycles. The number of carboxylic acid groups (broad SMARTS) is 1. The van der Waals surface area contributed by atoms with Crippen molar-refractivity contribution in [2.75, 3.05) is 6.54 Å². The number of aryl methyl sites for hydroxylation is 1. The molecule has 0 atom stereocenters. The molecule has 136 valence electrons. The summed E-state index contributed by atoms with van der Waals surface area (Å²) < 4.78 is 4.24. The average Bonchev–Trinajstić information content (AvgIpc) is 3.31. The van der Waals surface area contributed by atoms with Crippen LogP contribution in [0, 0.1) is 0 Å². The van der Waals surface area contributed by atoms with Crippen LogP contribution >= 0.6 is 0 Å². The van der Waals surface area contributed by atoms with Crippen molar-refractivity contribution in [2.24, 2.45) is 5.73 Å². The molecular formula is C21H20N4O2. The van der Waals surface area contributed by atoms with Crippen molar-refractivity contribution in [3.63, 3.8) is 0 Å². The van der Waals surface area contributed by atoms with Crippen LogP contribution in [0.25, 0.3) is 33.6 Å². The lowest BCUT2D eigenvalue weighted by molar-refractivity contribution is -0.131. The quantitative estimate of drug-likeness (QED) is 0.516. The third-order valence-electron chi connectivity index (χ3n) is 4.68. The summed E-state index contributed by atoms with van der Waals surface area (Å²) in [5.74, 6) is -0.955. The lowest BCUT2D eigenvalue weighted by Crippen LogP contribution is -2.05. The molecule has 0 fully saturated rings. The number of benzene rings is 2. The van der Waals surface area contributed by atoms with Crippen LogP contribution in [0.15, 0.2) is 61.2 Å². The Morgan fingerprint density at radius 1 is 1.15 bits per heavy atom. The van der Waals surface area contributed by atoms with Crippen molar-refractivity contribution in [2.45, 2.75) is 13.0 Å². The fraction of sp³-hybridized carbons (Fsp3) is 0.143. The van der Waals surface area contributed by atoms with Crippen molar-refractivity contribution in [1.82, 2.24) is 14.1 Å². The Bertz CT molecular complexity index is 1140. The molecule has 0 saturated heterocycles. The topological polar surface area (TPSA) is 86.1 Å². The lowest BCUT2D eigenvalue weighted by Gasteiger charge is -2.07. The SMILES string of the molecule is NCCCn1c2ccc(-n3ccnc3)cc2c2ccc(/C=C\C(=O)O)cc21. The molecule has 0 bridgehead atoms. The van der Waals surface area contributed by atoms with Crippen LogP contribution < -0.4 is 5.73 Å². The van der Waals surface area contributed by atoms with Gasteiger partial charge >= 0.3 is 5.97 Å². The zero-order chi connectivity index (χ0) is 18.8. The Kier molecular flexibility index (Phi) is 4.48. The Morgan fingerprint density at radius 2 is 2.04 bits per heavy atom. The molecule has 4 aromatic rings. The van der Waals surface area contributed by atoms with E-state index in [2.05, 4.69) is 33.8 Å². The first-order valence-electron chi connectivity index (χ1n) is 8.83. The van der Waals surface area contributed by atoms with Crippen molar-refractivity contribution < 1.29 is 9.90 Å². The predicted octanol–water partition coefficient (Wildman–Crippen LogP) is 3.43. The molecule has 3 N–H and O–H groups in total. The first-order valence-corrected chi connectivity index (χ1v) is 8.83. The second kappa shape index (κ2) is 7.09. The number of aliphatic carboxylic acids is 1. The van der Waals surface area contributed by atoms with E-state index in [0.29, 0.717) is 6.54 Å². The van der Waals surface area contributed by atoms with Crippen LogP contribution in [-0.4, -0.2) is 31.7 Å². The summed E-state index contributed by atoms with van der Waals surface area (Å²) in [6.07, 6.45) is 9.11. The third kappa shape index (κ3) is 3.22. The molecule has 6 nitrogen and oxygen atoms in total. The number of rotatable bonds is 6. The monoisotopic (exact) mass is 360 g/mol. The summed E-state index contributed by atoms with van der Waals surface area (Å²) in [4.78, 5) is 14.9. The van der Waals surface area contributed by atoms with Crippen molar-refractivity contribution >= 4 is 33.9 Å². The van der Waals surface area contributed by atoms with Gasteiger partial charge in [0.2, 0.25) is 0 Å². The summed E-state index contributed by atoms with van der Waals surface area (Å²) in [5.41, 5.74) is 9.86. The highest BCUT2D eigenvalue weighted by molar-refractivity contribution is 6.09. The summed E-state index contributed by atoms with van der Waals surface area (Å²) in [6, 6.07) is 12.4. The van der Waals surface area contributed by atoms with Crippen LogP contribution in [0.4, 0.5) is 0 Å². The van der Waals surface area contributed by atoms with E-state index in [9.17, 15) is 4.79 Å². The van der Waals surface area contributed by atoms with Gasteiger partial charge in [0.15, 0.2) is 0 Å². The molecule has 2 aromatic heterocycles. The largest absolute Gasteiger partial charge is 0.478 e. The van der Waals surface area contributed by atoms with E-state index < -0.39 is 5.97 Å². The Labute approximate surface area is 156 Å². The molecule has 0 amide bonds. The standard InChI is InChI=1S/C21H20N4O2/c22-8-1-10-25-19-6-4-16(24-11-9-23-14-24)13-18(19)17-5-2-15(12-20(17)25)3-7-21(26)27/h2-7,9,11-14H,1,8,10,22H2,(H,26,27)/b7-3-. The number of aromatic nitrogens is 3. The highest BCUT2D eigenvalue weighted by Crippen LogP contribution is 2.32. The van der Waals surface area contributed by atoms with Crippen molar-refractivity contribution in [1.29, 1.82) is 0 Å². The number of carbonyl (C=O) groups is 1. The first kappa shape index (κ1) is 17.1. The highest BCUT2D eigenvalue weighted by Gasteiger charge is 2.12. The lowest BCUT2D eigenvalue weighted by atomic mass is 10.1. The van der Waals surface area contributed by atoms with E-state index >= 15 is 0 Å². The summed E-state index contributed by atoms with van der Waals surface area (Å²) in [6.45, 7) is 1.43. The molecule has 2 heterocycles. The smallest absolute Gasteiger partial charge is 0.328 e. The van der Waals surface area contributed by atoms with Gasteiger partial charge in [-0.15, -0.1) is 0 Å². The van der Waals surface area contributed by atoms with E-state index in [1.807, 2.05) is 22.9 Å². The predicted molar refractivity (Wildman–Crippen MR) is 107 cm³/mol. The van der Waals surface area contributed by atoms with Crippen LogP contribution in [0.2, 0.25) is 0 Å². The molecule has 0 spiro atoms. The molecule has 0 radical (unpaired) electrons. The molecule has 27 heavy (non-hydrogen) atoms. The van der Waals surface area contributed by atoms with Crippen molar-refractivity contribution in [3.05, 3.63) is 66.8 Å². The van der Waals surface area contributed by atoms with Gasteiger partial charge in [-0.2, -0.15) is 0 Å². The van der Waals surface area contributed by atoms with Crippen LogP contribution in [0.1, 0.15) is 12.0 Å². The van der Waals surface area contributed by atoms with Gasteiger partial charge in [0.1, 0.15) is 0 Å². The van der Waals surface area contributed by atoms with Gasteiger partial charge in [-0.05, 0) is 48.9 Å². The zero-order valence-corrected chi connectivity index (χ0v) is 14.7. The highest BCUT2D eigenvalue weighted by atomic mass is 16.4. The van der Waals surface area contributed by atoms with Gasteiger partial charge in [0.25, 0.3) is 0 Å². The first-order chi connectivity index (χ1) is 13.2. The van der Waals surface area contributed by atoms with Gasteiger partial charge in [-0.25, -0.2) is 9.78 Å². The third-order valence-corrected chi connectivity index (χ3v) is 4.68. The minimum Gasteiger partial charge on any atom is -0.478 e. The van der Waals surface area contributed by atoms with Crippen LogP contribution in [-0.2, 0) is 11.3 Å². The fourth-order valence-electron chi connectivity index (χ4n) is 3.44. The van der Waals surface area contributed by atoms with Crippen LogP contribution in [0.5, 0.6) is 0 Å². The normalized spacial score (nSPS) is 11.7. The number of nitrogens with zero attached hydrogens (tertiary/aromatic N) is 3. The van der Waals surface area contributed by atoms with E-state index in [4.69, 9.17) is 10.8 Å². The van der Waals surface area contributed by atoms with Gasteiger partial charge in [-0.1, -0.05) is 12.1 Å². The number of hydrogen-bond acceptors (Lipinski definition) is 3. The summed E-state index contributed by atoms with van der Waals surface area (Å²) in [5, 5.41) is 11.2. The molecule has 0 unspecified atom stereocenters. The number of fused-ring (bicyclic) bond motifs is 3. The summed E-state index contributed by atoms with van der Waals surface area (Å²) in [7, 11) is 0. The minimum absolute atomic E-state index is 0.618. The van der Waals surface area contributed by atoms with Gasteiger partial charge < -0.3 is 20.0 Å². The molecular weight excluding hydrogens is 340 g/mol. The number of imidazole rings is 1. The maximum absolute atomic E-state index is 10.8. The zero-order valence-electron chi connectivity index (χ0n) is 14.7. The second-order valence-electron chi connectivity index (χ2n) is 6.41.